The maximum atomic E-state index is 12.0. The molecule has 0 radical (unpaired) electrons. The molecule has 1 saturated heterocycles. The lowest BCUT2D eigenvalue weighted by molar-refractivity contribution is -0.303. The van der Waals surface area contributed by atoms with Crippen LogP contribution in [0.5, 0.6) is 11.5 Å². The van der Waals surface area contributed by atoms with E-state index in [1.165, 1.54) is 11.1 Å². The van der Waals surface area contributed by atoms with Crippen LogP contribution in [0.15, 0.2) is 12.1 Å². The summed E-state index contributed by atoms with van der Waals surface area (Å²) in [5, 5.41) is 26.6. The van der Waals surface area contributed by atoms with Crippen LogP contribution in [0.1, 0.15) is 64.5 Å². The first-order chi connectivity index (χ1) is 14.1. The van der Waals surface area contributed by atoms with E-state index in [2.05, 4.69) is 32.2 Å². The number of phenolic OH excluding ortho intramolecular Hbond substituents is 1. The van der Waals surface area contributed by atoms with Gasteiger partial charge in [0.05, 0.1) is 5.60 Å². The predicted octanol–water partition coefficient (Wildman–Crippen LogP) is 3.29. The van der Waals surface area contributed by atoms with Crippen molar-refractivity contribution in [1.29, 1.82) is 0 Å². The number of hydrogen-bond acceptors (Lipinski definition) is 5. The smallest absolute Gasteiger partial charge is 0.165 e. The highest BCUT2D eigenvalue weighted by molar-refractivity contribution is 5.63. The fourth-order valence-corrected chi connectivity index (χ4v) is 8.53. The van der Waals surface area contributed by atoms with Gasteiger partial charge in [0.15, 0.2) is 11.5 Å². The van der Waals surface area contributed by atoms with Gasteiger partial charge in [-0.05, 0) is 62.6 Å². The van der Waals surface area contributed by atoms with E-state index in [1.54, 1.807) is 13.2 Å². The van der Waals surface area contributed by atoms with E-state index in [1.807, 2.05) is 6.92 Å². The van der Waals surface area contributed by atoms with Crippen molar-refractivity contribution in [3.05, 3.63) is 23.3 Å². The summed E-state index contributed by atoms with van der Waals surface area (Å²) in [4.78, 5) is 0. The van der Waals surface area contributed by atoms with Crippen LogP contribution in [0.3, 0.4) is 0 Å². The number of nitrogens with one attached hydrogen (secondary N) is 1. The summed E-state index contributed by atoms with van der Waals surface area (Å²) in [5.41, 5.74) is 0.658. The third-order valence-corrected chi connectivity index (χ3v) is 10.4. The highest BCUT2D eigenvalue weighted by Gasteiger charge is 2.81. The van der Waals surface area contributed by atoms with E-state index in [0.717, 1.165) is 38.6 Å². The SMILES string of the molecule is CO[C@]12CC[C@@]3(CC1[C@](C)(O)C(C)(C)C)[C@H]1Cc4ccc(O)c5c4[C@@]3(CCN1)[C@H]2O5. The number of methoxy groups -OCH3 is 1. The van der Waals surface area contributed by atoms with Crippen molar-refractivity contribution in [2.24, 2.45) is 16.7 Å². The maximum absolute atomic E-state index is 12.0. The Morgan fingerprint density at radius 2 is 1.93 bits per heavy atom. The summed E-state index contributed by atoms with van der Waals surface area (Å²) in [6.07, 6.45) is 4.66. The molecule has 0 amide bonds. The molecule has 7 atom stereocenters. The van der Waals surface area contributed by atoms with Crippen molar-refractivity contribution >= 4 is 0 Å². The standard InChI is InChI=1S/C25H35NO4/c1-21(2,3)22(4,28)16-13-23-8-9-25(16,29-5)20-24(23)10-11-26-17(23)12-14-6-7-15(27)19(30-20)18(14)24/h6-7,16-17,20,26-28H,8-13H2,1-5H3/t16?,17-,20-,22+,23-,24+,25-/m1/s1. The number of piperidine rings is 1. The van der Waals surface area contributed by atoms with Gasteiger partial charge in [-0.15, -0.1) is 0 Å². The number of ether oxygens (including phenoxy) is 2. The number of aliphatic hydroxyl groups is 1. The van der Waals surface area contributed by atoms with E-state index in [4.69, 9.17) is 9.47 Å². The van der Waals surface area contributed by atoms with Crippen LogP contribution < -0.4 is 10.1 Å². The number of hydrogen-bond donors (Lipinski definition) is 3. The molecule has 6 aliphatic rings. The summed E-state index contributed by atoms with van der Waals surface area (Å²) >= 11 is 0. The molecule has 1 unspecified atom stereocenters. The van der Waals surface area contributed by atoms with Crippen molar-refractivity contribution in [1.82, 2.24) is 5.32 Å². The molecule has 1 aromatic rings. The van der Waals surface area contributed by atoms with Gasteiger partial charge in [0.1, 0.15) is 11.7 Å². The molecule has 4 aliphatic carbocycles. The van der Waals surface area contributed by atoms with Crippen molar-refractivity contribution in [2.75, 3.05) is 13.7 Å². The number of aromatic hydroxyl groups is 1. The van der Waals surface area contributed by atoms with E-state index in [0.29, 0.717) is 11.8 Å². The molecule has 2 aliphatic heterocycles. The van der Waals surface area contributed by atoms with Crippen LogP contribution in [-0.4, -0.2) is 47.2 Å². The normalized spacial score (nSPS) is 44.9. The second-order valence-electron chi connectivity index (χ2n) is 11.8. The quantitative estimate of drug-likeness (QED) is 0.694. The zero-order valence-electron chi connectivity index (χ0n) is 18.8. The highest BCUT2D eigenvalue weighted by atomic mass is 16.6. The Labute approximate surface area is 179 Å². The predicted molar refractivity (Wildman–Crippen MR) is 114 cm³/mol. The molecule has 3 N–H and O–H groups in total. The summed E-state index contributed by atoms with van der Waals surface area (Å²) < 4.78 is 13.2. The third kappa shape index (κ3) is 1.77. The van der Waals surface area contributed by atoms with E-state index < -0.39 is 11.2 Å². The van der Waals surface area contributed by atoms with Crippen LogP contribution in [0.25, 0.3) is 0 Å². The molecule has 30 heavy (non-hydrogen) atoms. The van der Waals surface area contributed by atoms with Crippen molar-refractivity contribution in [3.8, 4) is 11.5 Å². The Morgan fingerprint density at radius 3 is 2.63 bits per heavy atom. The van der Waals surface area contributed by atoms with Gasteiger partial charge < -0.3 is 25.0 Å². The Kier molecular flexibility index (Phi) is 3.46. The van der Waals surface area contributed by atoms with Gasteiger partial charge in [0.25, 0.3) is 0 Å². The minimum atomic E-state index is -0.910. The highest BCUT2D eigenvalue weighted by Crippen LogP contribution is 2.77. The molecule has 5 nitrogen and oxygen atoms in total. The summed E-state index contributed by atoms with van der Waals surface area (Å²) in [6.45, 7) is 9.33. The summed E-state index contributed by atoms with van der Waals surface area (Å²) in [6, 6.07) is 4.26. The van der Waals surface area contributed by atoms with Gasteiger partial charge in [0.2, 0.25) is 0 Å². The van der Waals surface area contributed by atoms with Gasteiger partial charge in [-0.1, -0.05) is 26.8 Å². The average molecular weight is 414 g/mol. The Hall–Kier alpha value is -1.30. The lowest BCUT2D eigenvalue weighted by Crippen LogP contribution is -2.83. The van der Waals surface area contributed by atoms with Crippen LogP contribution in [0.2, 0.25) is 0 Å². The fourth-order valence-electron chi connectivity index (χ4n) is 8.53. The largest absolute Gasteiger partial charge is 0.504 e. The lowest BCUT2D eigenvalue weighted by atomic mass is 9.33. The van der Waals surface area contributed by atoms with Gasteiger partial charge in [-0.2, -0.15) is 0 Å². The first-order valence-electron chi connectivity index (χ1n) is 11.6. The molecular formula is C25H35NO4. The molecule has 4 bridgehead atoms. The third-order valence-electron chi connectivity index (χ3n) is 10.4. The van der Waals surface area contributed by atoms with Gasteiger partial charge in [0, 0.05) is 35.5 Å². The molecule has 0 aromatic heterocycles. The van der Waals surface area contributed by atoms with Gasteiger partial charge >= 0.3 is 0 Å². The first-order valence-corrected chi connectivity index (χ1v) is 11.6. The number of fused-ring (bicyclic) bond motifs is 2. The molecule has 2 heterocycles. The molecule has 1 aromatic carbocycles. The maximum Gasteiger partial charge on any atom is 0.165 e. The van der Waals surface area contributed by atoms with E-state index >= 15 is 0 Å². The van der Waals surface area contributed by atoms with Crippen LogP contribution >= 0.6 is 0 Å². The Balaban J connectivity index is 1.65. The summed E-state index contributed by atoms with van der Waals surface area (Å²) in [5.74, 6) is 0.887. The minimum Gasteiger partial charge on any atom is -0.504 e. The first kappa shape index (κ1) is 19.4. The zero-order chi connectivity index (χ0) is 21.3. The van der Waals surface area contributed by atoms with Gasteiger partial charge in [-0.3, -0.25) is 0 Å². The molecule has 7 rings (SSSR count). The number of rotatable bonds is 2. The molecular weight excluding hydrogens is 378 g/mol. The molecule has 4 fully saturated rings. The fraction of sp³-hybridized carbons (Fsp3) is 0.760. The lowest BCUT2D eigenvalue weighted by Gasteiger charge is -2.74. The molecule has 2 spiro atoms. The summed E-state index contributed by atoms with van der Waals surface area (Å²) in [7, 11) is 1.80. The van der Waals surface area contributed by atoms with E-state index in [9.17, 15) is 10.2 Å². The Morgan fingerprint density at radius 1 is 1.17 bits per heavy atom. The van der Waals surface area contributed by atoms with Crippen LogP contribution in [0, 0.1) is 16.7 Å². The monoisotopic (exact) mass is 413 g/mol. The van der Waals surface area contributed by atoms with Crippen LogP contribution in [-0.2, 0) is 16.6 Å². The molecule has 164 valence electrons. The number of benzene rings is 1. The van der Waals surface area contributed by atoms with Gasteiger partial charge in [-0.25, -0.2) is 0 Å². The number of phenols is 1. The van der Waals surface area contributed by atoms with Crippen molar-refractivity contribution in [2.45, 2.75) is 88.6 Å². The Bertz CT molecular complexity index is 936. The average Bonchev–Trinajstić information content (AvgIpc) is 3.05. The zero-order valence-corrected chi connectivity index (χ0v) is 18.8. The second-order valence-corrected chi connectivity index (χ2v) is 11.8. The van der Waals surface area contributed by atoms with Crippen molar-refractivity contribution < 1.29 is 19.7 Å². The minimum absolute atomic E-state index is 0.0160. The van der Waals surface area contributed by atoms with Crippen molar-refractivity contribution in [3.63, 3.8) is 0 Å². The van der Waals surface area contributed by atoms with Crippen LogP contribution in [0.4, 0.5) is 0 Å². The van der Waals surface area contributed by atoms with E-state index in [-0.39, 0.29) is 34.0 Å². The molecule has 3 saturated carbocycles. The molecule has 5 heteroatoms. The topological polar surface area (TPSA) is 71.0 Å². The second kappa shape index (κ2) is 5.36.